The third kappa shape index (κ3) is 4.52. The van der Waals surface area contributed by atoms with Gasteiger partial charge >= 0.3 is 5.97 Å². The molecule has 0 aliphatic carbocycles. The molecule has 2 rings (SSSR count). The van der Waals surface area contributed by atoms with Crippen molar-refractivity contribution in [2.45, 2.75) is 18.9 Å². The van der Waals surface area contributed by atoms with Crippen LogP contribution in [-0.4, -0.2) is 49.6 Å². The van der Waals surface area contributed by atoms with Crippen LogP contribution in [0.15, 0.2) is 30.3 Å². The molecule has 1 heterocycles. The van der Waals surface area contributed by atoms with E-state index in [4.69, 9.17) is 0 Å². The van der Waals surface area contributed by atoms with Crippen molar-refractivity contribution in [1.29, 1.82) is 0 Å². The Hall–Kier alpha value is -1.93. The topological polar surface area (TPSA) is 104 Å². The largest absolute Gasteiger partial charge is 0.481 e. The number of hydrogen-bond acceptors (Lipinski definition) is 4. The van der Waals surface area contributed by atoms with Gasteiger partial charge in [0.1, 0.15) is 0 Å². The number of hydrogen-bond donors (Lipinski definition) is 2. The molecular weight excluding hydrogens is 320 g/mol. The number of rotatable bonds is 6. The number of benzene rings is 1. The highest BCUT2D eigenvalue weighted by atomic mass is 32.2. The van der Waals surface area contributed by atoms with E-state index in [9.17, 15) is 23.1 Å². The minimum absolute atomic E-state index is 0.0558. The Balaban J connectivity index is 2.26. The molecule has 1 amide bonds. The number of piperidine rings is 1. The van der Waals surface area contributed by atoms with Gasteiger partial charge in [-0.25, -0.2) is 13.1 Å². The minimum Gasteiger partial charge on any atom is -0.481 e. The second-order valence-corrected chi connectivity index (χ2v) is 7.43. The normalized spacial score (nSPS) is 22.1. The van der Waals surface area contributed by atoms with Crippen molar-refractivity contribution < 1.29 is 23.1 Å². The summed E-state index contributed by atoms with van der Waals surface area (Å²) in [5.41, 5.74) is 0.743. The molecule has 0 bridgehead atoms. The van der Waals surface area contributed by atoms with Gasteiger partial charge in [-0.15, -0.1) is 0 Å². The first-order chi connectivity index (χ1) is 10.8. The van der Waals surface area contributed by atoms with E-state index in [0.29, 0.717) is 0 Å². The molecule has 0 saturated carbocycles. The SMILES string of the molecule is CS(=O)(=O)NCCN1C(=O)CC[C@H](C(=O)O)[C@H]1c1ccccc1. The summed E-state index contributed by atoms with van der Waals surface area (Å²) in [5, 5.41) is 9.48. The summed E-state index contributed by atoms with van der Waals surface area (Å²) in [6.07, 6.45) is 1.47. The zero-order valence-electron chi connectivity index (χ0n) is 12.8. The summed E-state index contributed by atoms with van der Waals surface area (Å²) in [4.78, 5) is 25.3. The van der Waals surface area contributed by atoms with Crippen LogP contribution in [0.25, 0.3) is 0 Å². The smallest absolute Gasteiger partial charge is 0.308 e. The molecule has 0 radical (unpaired) electrons. The van der Waals surface area contributed by atoms with Gasteiger partial charge in [0, 0.05) is 19.5 Å². The standard InChI is InChI=1S/C15H20N2O5S/c1-23(21,22)16-9-10-17-13(18)8-7-12(15(19)20)14(17)11-5-3-2-4-6-11/h2-6,12,14,16H,7-10H2,1H3,(H,19,20)/t12-,14+/m0/s1. The molecule has 1 saturated heterocycles. The van der Waals surface area contributed by atoms with E-state index in [1.54, 1.807) is 24.3 Å². The van der Waals surface area contributed by atoms with E-state index in [1.807, 2.05) is 6.07 Å². The summed E-state index contributed by atoms with van der Waals surface area (Å²) < 4.78 is 24.7. The average molecular weight is 340 g/mol. The number of nitrogens with zero attached hydrogens (tertiary/aromatic N) is 1. The molecule has 2 N–H and O–H groups in total. The van der Waals surface area contributed by atoms with Gasteiger partial charge in [-0.05, 0) is 12.0 Å². The Kier molecular flexibility index (Phi) is 5.38. The summed E-state index contributed by atoms with van der Waals surface area (Å²) >= 11 is 0. The van der Waals surface area contributed by atoms with Crippen LogP contribution in [0.1, 0.15) is 24.4 Å². The molecule has 0 aromatic heterocycles. The molecule has 0 unspecified atom stereocenters. The van der Waals surface area contributed by atoms with Crippen molar-refractivity contribution in [3.63, 3.8) is 0 Å². The zero-order chi connectivity index (χ0) is 17.0. The first-order valence-corrected chi connectivity index (χ1v) is 9.20. The third-order valence-electron chi connectivity index (χ3n) is 3.88. The van der Waals surface area contributed by atoms with Crippen LogP contribution in [0.2, 0.25) is 0 Å². The van der Waals surface area contributed by atoms with Gasteiger partial charge in [0.05, 0.1) is 18.2 Å². The maximum atomic E-state index is 12.3. The number of amides is 1. The van der Waals surface area contributed by atoms with Crippen LogP contribution in [0, 0.1) is 5.92 Å². The van der Waals surface area contributed by atoms with Gasteiger partial charge in [-0.3, -0.25) is 9.59 Å². The van der Waals surface area contributed by atoms with Crippen molar-refractivity contribution in [2.24, 2.45) is 5.92 Å². The molecule has 2 atom stereocenters. The highest BCUT2D eigenvalue weighted by molar-refractivity contribution is 7.88. The maximum absolute atomic E-state index is 12.3. The van der Waals surface area contributed by atoms with E-state index < -0.39 is 28.0 Å². The highest BCUT2D eigenvalue weighted by Gasteiger charge is 2.40. The number of carboxylic acid groups (broad SMARTS) is 1. The molecular formula is C15H20N2O5S. The first-order valence-electron chi connectivity index (χ1n) is 7.31. The van der Waals surface area contributed by atoms with E-state index >= 15 is 0 Å². The quantitative estimate of drug-likeness (QED) is 0.789. The van der Waals surface area contributed by atoms with Gasteiger partial charge in [0.25, 0.3) is 0 Å². The number of sulfonamides is 1. The Morgan fingerprint density at radius 1 is 1.35 bits per heavy atom. The molecule has 8 heteroatoms. The van der Waals surface area contributed by atoms with Crippen LogP contribution in [0.4, 0.5) is 0 Å². The lowest BCUT2D eigenvalue weighted by Crippen LogP contribution is -2.48. The van der Waals surface area contributed by atoms with Gasteiger partial charge < -0.3 is 10.0 Å². The summed E-state index contributed by atoms with van der Waals surface area (Å²) in [6, 6.07) is 8.39. The van der Waals surface area contributed by atoms with Gasteiger partial charge in [0.2, 0.25) is 15.9 Å². The van der Waals surface area contributed by atoms with Crippen LogP contribution in [0.5, 0.6) is 0 Å². The monoisotopic (exact) mass is 340 g/mol. The number of nitrogens with one attached hydrogen (secondary N) is 1. The summed E-state index contributed by atoms with van der Waals surface area (Å²) in [5.74, 6) is -1.81. The predicted molar refractivity (Wildman–Crippen MR) is 84.1 cm³/mol. The molecule has 1 aliphatic rings. The van der Waals surface area contributed by atoms with Crippen LogP contribution in [-0.2, 0) is 19.6 Å². The van der Waals surface area contributed by atoms with Crippen LogP contribution in [0.3, 0.4) is 0 Å². The first kappa shape index (κ1) is 17.4. The van der Waals surface area contributed by atoms with Gasteiger partial charge in [-0.1, -0.05) is 30.3 Å². The predicted octanol–water partition coefficient (Wildman–Crippen LogP) is 0.600. The van der Waals surface area contributed by atoms with Gasteiger partial charge in [-0.2, -0.15) is 0 Å². The fourth-order valence-electron chi connectivity index (χ4n) is 2.89. The minimum atomic E-state index is -3.36. The number of carbonyl (C=O) groups excluding carboxylic acids is 1. The summed E-state index contributed by atoms with van der Waals surface area (Å²) in [7, 11) is -3.36. The lowest BCUT2D eigenvalue weighted by Gasteiger charge is -2.39. The number of carboxylic acids is 1. The van der Waals surface area contributed by atoms with Crippen molar-refractivity contribution in [2.75, 3.05) is 19.3 Å². The average Bonchev–Trinajstić information content (AvgIpc) is 2.48. The van der Waals surface area contributed by atoms with Gasteiger partial charge in [0.15, 0.2) is 0 Å². The Bertz CT molecular complexity index is 674. The van der Waals surface area contributed by atoms with Crippen molar-refractivity contribution in [3.8, 4) is 0 Å². The van der Waals surface area contributed by atoms with E-state index in [2.05, 4.69) is 4.72 Å². The van der Waals surface area contributed by atoms with Crippen molar-refractivity contribution >= 4 is 21.9 Å². The molecule has 0 spiro atoms. The molecule has 1 aromatic rings. The molecule has 126 valence electrons. The molecule has 23 heavy (non-hydrogen) atoms. The molecule has 1 aliphatic heterocycles. The molecule has 1 aromatic carbocycles. The highest BCUT2D eigenvalue weighted by Crippen LogP contribution is 2.36. The second kappa shape index (κ2) is 7.10. The number of aliphatic carboxylic acids is 1. The third-order valence-corrected chi connectivity index (χ3v) is 4.61. The Morgan fingerprint density at radius 3 is 2.57 bits per heavy atom. The fourth-order valence-corrected chi connectivity index (χ4v) is 3.35. The van der Waals surface area contributed by atoms with E-state index in [1.165, 1.54) is 4.90 Å². The molecule has 1 fully saturated rings. The lowest BCUT2D eigenvalue weighted by molar-refractivity contribution is -0.152. The Labute approximate surface area is 135 Å². The zero-order valence-corrected chi connectivity index (χ0v) is 13.6. The maximum Gasteiger partial charge on any atom is 0.308 e. The lowest BCUT2D eigenvalue weighted by atomic mass is 9.84. The van der Waals surface area contributed by atoms with Crippen LogP contribution >= 0.6 is 0 Å². The Morgan fingerprint density at radius 2 is 2.00 bits per heavy atom. The number of carbonyl (C=O) groups is 2. The second-order valence-electron chi connectivity index (χ2n) is 5.59. The molecule has 7 nitrogen and oxygen atoms in total. The van der Waals surface area contributed by atoms with E-state index in [0.717, 1.165) is 11.8 Å². The summed E-state index contributed by atoms with van der Waals surface area (Å²) in [6.45, 7) is 0.190. The fraction of sp³-hybridized carbons (Fsp3) is 0.467. The van der Waals surface area contributed by atoms with Crippen LogP contribution < -0.4 is 4.72 Å². The van der Waals surface area contributed by atoms with E-state index in [-0.39, 0.29) is 31.8 Å². The van der Waals surface area contributed by atoms with Crippen molar-refractivity contribution in [3.05, 3.63) is 35.9 Å². The number of likely N-dealkylation sites (tertiary alicyclic amines) is 1. The van der Waals surface area contributed by atoms with Crippen molar-refractivity contribution in [1.82, 2.24) is 9.62 Å².